The minimum absolute atomic E-state index is 0.0525. The first kappa shape index (κ1) is 15.8. The Kier molecular flexibility index (Phi) is 5.91. The Morgan fingerprint density at radius 3 is 2.56 bits per heavy atom. The number of hydrogen-bond acceptors (Lipinski definition) is 4. The Bertz CT molecular complexity index is 505. The van der Waals surface area contributed by atoms with E-state index >= 15 is 0 Å². The van der Waals surface area contributed by atoms with E-state index in [9.17, 15) is 8.42 Å². The summed E-state index contributed by atoms with van der Waals surface area (Å²) in [6.45, 7) is 1.51. The van der Waals surface area contributed by atoms with Gasteiger partial charge in [0.2, 0.25) is 0 Å². The molecule has 4 nitrogen and oxygen atoms in total. The first-order valence-electron chi connectivity index (χ1n) is 5.32. The van der Waals surface area contributed by atoms with Crippen molar-refractivity contribution in [3.8, 4) is 5.75 Å². The zero-order valence-electron chi connectivity index (χ0n) is 10.2. The zero-order valence-corrected chi connectivity index (χ0v) is 13.3. The summed E-state index contributed by atoms with van der Waals surface area (Å²) in [6.07, 6.45) is 0.898. The highest BCUT2D eigenvalue weighted by molar-refractivity contribution is 9.10. The molecule has 7 heteroatoms. The van der Waals surface area contributed by atoms with Crippen LogP contribution in [0.15, 0.2) is 27.6 Å². The Balaban J connectivity index is 2.64. The van der Waals surface area contributed by atoms with Gasteiger partial charge in [-0.1, -0.05) is 0 Å². The van der Waals surface area contributed by atoms with Gasteiger partial charge >= 0.3 is 0 Å². The highest BCUT2D eigenvalue weighted by atomic mass is 79.9. The van der Waals surface area contributed by atoms with Crippen molar-refractivity contribution in [2.75, 3.05) is 27.2 Å². The lowest BCUT2D eigenvalue weighted by Gasteiger charge is -2.11. The second-order valence-electron chi connectivity index (χ2n) is 4.04. The van der Waals surface area contributed by atoms with Crippen LogP contribution in [0.3, 0.4) is 0 Å². The first-order chi connectivity index (χ1) is 8.30. The molecule has 1 aromatic rings. The van der Waals surface area contributed by atoms with Crippen molar-refractivity contribution in [1.29, 1.82) is 0 Å². The highest BCUT2D eigenvalue weighted by Gasteiger charge is 2.12. The molecule has 1 rings (SSSR count). The van der Waals surface area contributed by atoms with Gasteiger partial charge in [-0.05, 0) is 54.6 Å². The Labute approximate surface area is 120 Å². The molecule has 0 saturated carbocycles. The van der Waals surface area contributed by atoms with Crippen LogP contribution >= 0.6 is 26.6 Å². The lowest BCUT2D eigenvalue weighted by molar-refractivity contribution is 0.280. The smallest absolute Gasteiger partial charge is 0.261 e. The van der Waals surface area contributed by atoms with Gasteiger partial charge in [0, 0.05) is 17.2 Å². The molecule has 18 heavy (non-hydrogen) atoms. The van der Waals surface area contributed by atoms with E-state index in [0.29, 0.717) is 16.8 Å². The molecule has 0 fully saturated rings. The molecule has 1 aromatic carbocycles. The SMILES string of the molecule is CN(C)CCCOc1ccc(S(=O)(=O)Cl)cc1Br. The van der Waals surface area contributed by atoms with E-state index in [1.54, 1.807) is 6.07 Å². The Hall–Kier alpha value is -0.300. The molecule has 0 amide bonds. The molecule has 0 radical (unpaired) electrons. The predicted octanol–water partition coefficient (Wildman–Crippen LogP) is 2.71. The fourth-order valence-electron chi connectivity index (χ4n) is 1.31. The second-order valence-corrected chi connectivity index (χ2v) is 7.46. The summed E-state index contributed by atoms with van der Waals surface area (Å²) < 4.78 is 28.4. The van der Waals surface area contributed by atoms with Gasteiger partial charge < -0.3 is 9.64 Å². The quantitative estimate of drug-likeness (QED) is 0.581. The lowest BCUT2D eigenvalue weighted by atomic mass is 10.3. The second kappa shape index (κ2) is 6.75. The van der Waals surface area contributed by atoms with Gasteiger partial charge in [0.25, 0.3) is 9.05 Å². The average molecular weight is 357 g/mol. The van der Waals surface area contributed by atoms with Crippen LogP contribution < -0.4 is 4.74 Å². The minimum Gasteiger partial charge on any atom is -0.492 e. The molecule has 0 saturated heterocycles. The van der Waals surface area contributed by atoms with Crippen LogP contribution in [0.5, 0.6) is 5.75 Å². The van der Waals surface area contributed by atoms with Crippen molar-refractivity contribution >= 4 is 35.7 Å². The van der Waals surface area contributed by atoms with E-state index in [-0.39, 0.29) is 4.90 Å². The van der Waals surface area contributed by atoms with Crippen molar-refractivity contribution < 1.29 is 13.2 Å². The van der Waals surface area contributed by atoms with E-state index in [0.717, 1.165) is 13.0 Å². The molecule has 0 unspecified atom stereocenters. The van der Waals surface area contributed by atoms with Crippen LogP contribution in [0.2, 0.25) is 0 Å². The third-order valence-electron chi connectivity index (χ3n) is 2.19. The maximum atomic E-state index is 11.1. The largest absolute Gasteiger partial charge is 0.492 e. The average Bonchev–Trinajstić information content (AvgIpc) is 2.24. The minimum atomic E-state index is -3.70. The normalized spacial score (nSPS) is 11.8. The topological polar surface area (TPSA) is 46.6 Å². The van der Waals surface area contributed by atoms with Crippen LogP contribution in [0.4, 0.5) is 0 Å². The van der Waals surface area contributed by atoms with E-state index < -0.39 is 9.05 Å². The fourth-order valence-corrected chi connectivity index (χ4v) is 2.74. The van der Waals surface area contributed by atoms with E-state index in [1.807, 2.05) is 14.1 Å². The van der Waals surface area contributed by atoms with Crippen LogP contribution in [0.1, 0.15) is 6.42 Å². The van der Waals surface area contributed by atoms with Gasteiger partial charge in [-0.3, -0.25) is 0 Å². The zero-order chi connectivity index (χ0) is 13.8. The van der Waals surface area contributed by atoms with Crippen LogP contribution in [-0.2, 0) is 9.05 Å². The third kappa shape index (κ3) is 5.14. The van der Waals surface area contributed by atoms with Gasteiger partial charge in [-0.15, -0.1) is 0 Å². The van der Waals surface area contributed by atoms with E-state index in [2.05, 4.69) is 20.8 Å². The molecular weight excluding hydrogens is 342 g/mol. The number of rotatable bonds is 6. The molecule has 0 aliphatic heterocycles. The van der Waals surface area contributed by atoms with Crippen LogP contribution in [0.25, 0.3) is 0 Å². The Morgan fingerprint density at radius 2 is 2.06 bits per heavy atom. The number of hydrogen-bond donors (Lipinski definition) is 0. The van der Waals surface area contributed by atoms with Gasteiger partial charge in [-0.2, -0.15) is 0 Å². The van der Waals surface area contributed by atoms with Crippen molar-refractivity contribution in [3.05, 3.63) is 22.7 Å². The summed E-state index contributed by atoms with van der Waals surface area (Å²) in [5, 5.41) is 0. The molecule has 0 spiro atoms. The summed E-state index contributed by atoms with van der Waals surface area (Å²) in [7, 11) is 5.54. The number of nitrogens with zero attached hydrogens (tertiary/aromatic N) is 1. The maximum Gasteiger partial charge on any atom is 0.261 e. The summed E-state index contributed by atoms with van der Waals surface area (Å²) in [6, 6.07) is 4.45. The van der Waals surface area contributed by atoms with Crippen molar-refractivity contribution in [2.45, 2.75) is 11.3 Å². The highest BCUT2D eigenvalue weighted by Crippen LogP contribution is 2.29. The molecule has 0 heterocycles. The monoisotopic (exact) mass is 355 g/mol. The molecule has 0 aromatic heterocycles. The van der Waals surface area contributed by atoms with Gasteiger partial charge in [0.05, 0.1) is 16.0 Å². The fraction of sp³-hybridized carbons (Fsp3) is 0.455. The third-order valence-corrected chi connectivity index (χ3v) is 4.16. The van der Waals surface area contributed by atoms with Crippen LogP contribution in [0, 0.1) is 0 Å². The standard InChI is InChI=1S/C11H15BrClNO3S/c1-14(2)6-3-7-17-11-5-4-9(8-10(11)12)18(13,15)16/h4-5,8H,3,6-7H2,1-2H3. The first-order valence-corrected chi connectivity index (χ1v) is 8.42. The van der Waals surface area contributed by atoms with E-state index in [4.69, 9.17) is 15.4 Å². The molecule has 0 bridgehead atoms. The molecule has 0 atom stereocenters. The Morgan fingerprint density at radius 1 is 1.39 bits per heavy atom. The van der Waals surface area contributed by atoms with Crippen molar-refractivity contribution in [3.63, 3.8) is 0 Å². The summed E-state index contributed by atoms with van der Waals surface area (Å²) in [4.78, 5) is 2.12. The van der Waals surface area contributed by atoms with E-state index in [1.165, 1.54) is 12.1 Å². The van der Waals surface area contributed by atoms with Crippen molar-refractivity contribution in [1.82, 2.24) is 4.90 Å². The summed E-state index contributed by atoms with van der Waals surface area (Å²) in [5.74, 6) is 0.609. The molecule has 0 aliphatic carbocycles. The number of halogens is 2. The number of benzene rings is 1. The predicted molar refractivity (Wildman–Crippen MR) is 75.8 cm³/mol. The summed E-state index contributed by atoms with van der Waals surface area (Å²) >= 11 is 3.26. The summed E-state index contributed by atoms with van der Waals surface area (Å²) in [5.41, 5.74) is 0. The number of ether oxygens (including phenoxy) is 1. The molecule has 102 valence electrons. The molecule has 0 N–H and O–H groups in total. The van der Waals surface area contributed by atoms with Gasteiger partial charge in [0.15, 0.2) is 0 Å². The van der Waals surface area contributed by atoms with Gasteiger partial charge in [0.1, 0.15) is 5.75 Å². The van der Waals surface area contributed by atoms with Crippen LogP contribution in [-0.4, -0.2) is 40.6 Å². The van der Waals surface area contributed by atoms with Crippen molar-refractivity contribution in [2.24, 2.45) is 0 Å². The molecule has 0 aliphatic rings. The maximum absolute atomic E-state index is 11.1. The lowest BCUT2D eigenvalue weighted by Crippen LogP contribution is -2.15. The molecular formula is C11H15BrClNO3S. The van der Waals surface area contributed by atoms with Gasteiger partial charge in [-0.25, -0.2) is 8.42 Å².